The minimum absolute atomic E-state index is 0.253. The van der Waals surface area contributed by atoms with Crippen LogP contribution in [0.2, 0.25) is 0 Å². The molecule has 0 saturated carbocycles. The number of nitrogens with zero attached hydrogens (tertiary/aromatic N) is 3. The number of hydrogen-bond donors (Lipinski definition) is 2. The van der Waals surface area contributed by atoms with E-state index in [0.717, 1.165) is 11.3 Å². The van der Waals surface area contributed by atoms with E-state index in [1.807, 2.05) is 26.0 Å². The SMILES string of the molecule is Cc1cc(C(C)(O)CNc2cnc(C#N)cn2)c(C)o1. The van der Waals surface area contributed by atoms with Crippen LogP contribution in [0, 0.1) is 25.2 Å². The molecule has 2 rings (SSSR count). The number of anilines is 1. The van der Waals surface area contributed by atoms with E-state index in [9.17, 15) is 5.11 Å². The molecule has 0 saturated heterocycles. The molecule has 1 unspecified atom stereocenters. The summed E-state index contributed by atoms with van der Waals surface area (Å²) < 4.78 is 5.43. The van der Waals surface area contributed by atoms with Crippen LogP contribution in [0.15, 0.2) is 22.9 Å². The molecule has 2 N–H and O–H groups in total. The standard InChI is InChI=1S/C14H16N4O2/c1-9-4-12(10(2)20-9)14(3,19)8-18-13-7-16-11(5-15)6-17-13/h4,6-7,19H,8H2,1-3H3,(H,17,18). The van der Waals surface area contributed by atoms with E-state index in [0.29, 0.717) is 11.6 Å². The van der Waals surface area contributed by atoms with E-state index >= 15 is 0 Å². The first-order valence-corrected chi connectivity index (χ1v) is 6.18. The van der Waals surface area contributed by atoms with Gasteiger partial charge in [0.1, 0.15) is 29.0 Å². The van der Waals surface area contributed by atoms with Crippen LogP contribution in [0.3, 0.4) is 0 Å². The van der Waals surface area contributed by atoms with Crippen molar-refractivity contribution in [3.8, 4) is 6.07 Å². The van der Waals surface area contributed by atoms with Crippen LogP contribution in [0.5, 0.6) is 0 Å². The molecule has 1 atom stereocenters. The number of furan rings is 1. The highest BCUT2D eigenvalue weighted by atomic mass is 16.3. The Hall–Kier alpha value is -2.39. The molecule has 0 aliphatic rings. The average molecular weight is 272 g/mol. The lowest BCUT2D eigenvalue weighted by atomic mass is 9.96. The summed E-state index contributed by atoms with van der Waals surface area (Å²) in [5.41, 5.74) is -0.0926. The predicted octanol–water partition coefficient (Wildman–Crippen LogP) is 1.88. The molecule has 6 heteroatoms. The summed E-state index contributed by atoms with van der Waals surface area (Å²) in [5, 5.41) is 22.2. The van der Waals surface area contributed by atoms with Gasteiger partial charge in [0.25, 0.3) is 0 Å². The Morgan fingerprint density at radius 2 is 2.15 bits per heavy atom. The number of aliphatic hydroxyl groups is 1. The molecule has 0 aromatic carbocycles. The fourth-order valence-electron chi connectivity index (χ4n) is 2.00. The first-order valence-electron chi connectivity index (χ1n) is 6.18. The smallest absolute Gasteiger partial charge is 0.158 e. The second-order valence-electron chi connectivity index (χ2n) is 4.85. The van der Waals surface area contributed by atoms with E-state index in [4.69, 9.17) is 9.68 Å². The average Bonchev–Trinajstić information content (AvgIpc) is 2.77. The van der Waals surface area contributed by atoms with Crippen LogP contribution in [0.25, 0.3) is 0 Å². The van der Waals surface area contributed by atoms with Gasteiger partial charge in [-0.3, -0.25) is 0 Å². The summed E-state index contributed by atoms with van der Waals surface area (Å²) in [6, 6.07) is 3.72. The number of rotatable bonds is 4. The number of hydrogen-bond acceptors (Lipinski definition) is 6. The molecule has 0 aliphatic carbocycles. The van der Waals surface area contributed by atoms with Crippen molar-refractivity contribution < 1.29 is 9.52 Å². The molecule has 104 valence electrons. The van der Waals surface area contributed by atoms with Gasteiger partial charge in [0.15, 0.2) is 5.69 Å². The second kappa shape index (κ2) is 5.31. The van der Waals surface area contributed by atoms with Gasteiger partial charge in [0.2, 0.25) is 0 Å². The lowest BCUT2D eigenvalue weighted by molar-refractivity contribution is 0.0698. The number of aryl methyl sites for hydroxylation is 2. The van der Waals surface area contributed by atoms with E-state index in [2.05, 4.69) is 15.3 Å². The summed E-state index contributed by atoms with van der Waals surface area (Å²) in [4.78, 5) is 7.95. The lowest BCUT2D eigenvalue weighted by Gasteiger charge is -2.23. The molecule has 6 nitrogen and oxygen atoms in total. The fourth-order valence-corrected chi connectivity index (χ4v) is 2.00. The molecule has 0 radical (unpaired) electrons. The minimum Gasteiger partial charge on any atom is -0.466 e. The van der Waals surface area contributed by atoms with Crippen LogP contribution in [-0.2, 0) is 5.60 Å². The number of aromatic nitrogens is 2. The summed E-state index contributed by atoms with van der Waals surface area (Å²) in [7, 11) is 0. The maximum atomic E-state index is 10.5. The highest BCUT2D eigenvalue weighted by Crippen LogP contribution is 2.27. The lowest BCUT2D eigenvalue weighted by Crippen LogP contribution is -2.31. The maximum absolute atomic E-state index is 10.5. The van der Waals surface area contributed by atoms with Crippen LogP contribution in [-0.4, -0.2) is 21.6 Å². The van der Waals surface area contributed by atoms with Crippen molar-refractivity contribution in [2.75, 3.05) is 11.9 Å². The zero-order valence-electron chi connectivity index (χ0n) is 11.6. The van der Waals surface area contributed by atoms with Gasteiger partial charge in [0, 0.05) is 12.1 Å². The van der Waals surface area contributed by atoms with Crippen LogP contribution in [0.4, 0.5) is 5.82 Å². The molecule has 0 spiro atoms. The molecule has 2 heterocycles. The molecular formula is C14H16N4O2. The first kappa shape index (κ1) is 14.0. The molecule has 20 heavy (non-hydrogen) atoms. The third kappa shape index (κ3) is 2.95. The van der Waals surface area contributed by atoms with Gasteiger partial charge in [-0.25, -0.2) is 9.97 Å². The molecule has 2 aromatic heterocycles. The van der Waals surface area contributed by atoms with Crippen LogP contribution >= 0.6 is 0 Å². The normalized spacial score (nSPS) is 13.6. The highest BCUT2D eigenvalue weighted by molar-refractivity contribution is 5.35. The van der Waals surface area contributed by atoms with Crippen molar-refractivity contribution in [3.05, 3.63) is 41.2 Å². The summed E-state index contributed by atoms with van der Waals surface area (Å²) in [5.74, 6) is 1.96. The van der Waals surface area contributed by atoms with Crippen molar-refractivity contribution in [2.45, 2.75) is 26.4 Å². The van der Waals surface area contributed by atoms with Gasteiger partial charge < -0.3 is 14.8 Å². The van der Waals surface area contributed by atoms with E-state index < -0.39 is 5.60 Å². The molecule has 2 aromatic rings. The van der Waals surface area contributed by atoms with Crippen LogP contribution < -0.4 is 5.32 Å². The highest BCUT2D eigenvalue weighted by Gasteiger charge is 2.27. The van der Waals surface area contributed by atoms with Crippen molar-refractivity contribution in [1.82, 2.24) is 9.97 Å². The fraction of sp³-hybridized carbons (Fsp3) is 0.357. The van der Waals surface area contributed by atoms with Gasteiger partial charge in [-0.1, -0.05) is 0 Å². The van der Waals surface area contributed by atoms with Crippen molar-refractivity contribution in [1.29, 1.82) is 5.26 Å². The molecule has 0 amide bonds. The molecule has 0 bridgehead atoms. The quantitative estimate of drug-likeness (QED) is 0.882. The summed E-state index contributed by atoms with van der Waals surface area (Å²) in [6.45, 7) is 5.62. The number of nitriles is 1. The zero-order chi connectivity index (χ0) is 14.8. The third-order valence-electron chi connectivity index (χ3n) is 3.00. The Labute approximate surface area is 117 Å². The van der Waals surface area contributed by atoms with Gasteiger partial charge in [-0.2, -0.15) is 5.26 Å². The summed E-state index contributed by atoms with van der Waals surface area (Å²) in [6.07, 6.45) is 2.84. The topological polar surface area (TPSA) is 95.0 Å². The number of nitrogens with one attached hydrogen (secondary N) is 1. The summed E-state index contributed by atoms with van der Waals surface area (Å²) >= 11 is 0. The molecular weight excluding hydrogens is 256 g/mol. The Balaban J connectivity index is 2.08. The minimum atomic E-state index is -1.09. The van der Waals surface area contributed by atoms with Gasteiger partial charge in [-0.15, -0.1) is 0 Å². The van der Waals surface area contributed by atoms with E-state index in [1.165, 1.54) is 12.4 Å². The van der Waals surface area contributed by atoms with Crippen molar-refractivity contribution in [2.24, 2.45) is 0 Å². The molecule has 0 fully saturated rings. The Morgan fingerprint density at radius 3 is 2.65 bits per heavy atom. The van der Waals surface area contributed by atoms with E-state index in [1.54, 1.807) is 6.92 Å². The van der Waals surface area contributed by atoms with Gasteiger partial charge >= 0.3 is 0 Å². The molecule has 0 aliphatic heterocycles. The monoisotopic (exact) mass is 272 g/mol. The first-order chi connectivity index (χ1) is 9.42. The Bertz CT molecular complexity index is 638. The Kier molecular flexibility index (Phi) is 3.72. The van der Waals surface area contributed by atoms with Crippen molar-refractivity contribution >= 4 is 5.82 Å². The Morgan fingerprint density at radius 1 is 1.40 bits per heavy atom. The third-order valence-corrected chi connectivity index (χ3v) is 3.00. The van der Waals surface area contributed by atoms with Gasteiger partial charge in [0.05, 0.1) is 12.4 Å². The second-order valence-corrected chi connectivity index (χ2v) is 4.85. The van der Waals surface area contributed by atoms with Gasteiger partial charge in [-0.05, 0) is 26.8 Å². The van der Waals surface area contributed by atoms with E-state index in [-0.39, 0.29) is 12.2 Å². The van der Waals surface area contributed by atoms with Crippen molar-refractivity contribution in [3.63, 3.8) is 0 Å². The largest absolute Gasteiger partial charge is 0.466 e. The predicted molar refractivity (Wildman–Crippen MR) is 73.0 cm³/mol. The van der Waals surface area contributed by atoms with Crippen LogP contribution in [0.1, 0.15) is 29.7 Å². The zero-order valence-corrected chi connectivity index (χ0v) is 11.6. The maximum Gasteiger partial charge on any atom is 0.158 e.